The molecule has 5 heterocycles. The lowest BCUT2D eigenvalue weighted by Crippen LogP contribution is -2.10. The smallest absolute Gasteiger partial charge is 0.240 e. The van der Waals surface area contributed by atoms with Gasteiger partial charge in [-0.15, -0.1) is 6.42 Å². The van der Waals surface area contributed by atoms with Crippen molar-refractivity contribution in [2.24, 2.45) is 0 Å². The highest BCUT2D eigenvalue weighted by molar-refractivity contribution is 6.17. The largest absolute Gasteiger partial charge is 0.308 e. The van der Waals surface area contributed by atoms with E-state index in [9.17, 15) is 0 Å². The van der Waals surface area contributed by atoms with Crippen LogP contribution in [0.5, 0.6) is 0 Å². The fraction of sp³-hybridized carbons (Fsp3) is 0.0172. The van der Waals surface area contributed by atoms with Gasteiger partial charge in [-0.2, -0.15) is 15.0 Å². The van der Waals surface area contributed by atoms with Gasteiger partial charge in [0.15, 0.2) is 5.82 Å². The van der Waals surface area contributed by atoms with Gasteiger partial charge in [-0.25, -0.2) is 0 Å². The molecule has 0 amide bonds. The van der Waals surface area contributed by atoms with Crippen LogP contribution in [0.4, 0.5) is 0 Å². The van der Waals surface area contributed by atoms with Crippen LogP contribution in [0, 0.1) is 19.3 Å². The fourth-order valence-corrected chi connectivity index (χ4v) is 10.3. The van der Waals surface area contributed by atoms with Gasteiger partial charge in [0.1, 0.15) is 0 Å². The lowest BCUT2D eigenvalue weighted by atomic mass is 9.99. The van der Waals surface area contributed by atoms with Gasteiger partial charge in [0.25, 0.3) is 0 Å². The highest BCUT2D eigenvalue weighted by Gasteiger charge is 2.21. The summed E-state index contributed by atoms with van der Waals surface area (Å²) in [4.78, 5) is 16.3. The molecule has 0 unspecified atom stereocenters. The predicted octanol–water partition coefficient (Wildman–Crippen LogP) is 13.2. The van der Waals surface area contributed by atoms with E-state index >= 15 is 0 Å². The molecule has 64 heavy (non-hydrogen) atoms. The van der Waals surface area contributed by atoms with Crippen molar-refractivity contribution in [3.63, 3.8) is 0 Å². The molecule has 0 spiro atoms. The zero-order valence-electron chi connectivity index (χ0n) is 34.7. The van der Waals surface area contributed by atoms with Gasteiger partial charge in [-0.1, -0.05) is 152 Å². The van der Waals surface area contributed by atoms with Crippen LogP contribution in [0.3, 0.4) is 0 Å². The third kappa shape index (κ3) is 5.13. The van der Waals surface area contributed by atoms with Crippen molar-refractivity contribution in [1.29, 1.82) is 0 Å². The van der Waals surface area contributed by atoms with Gasteiger partial charge in [-0.3, -0.25) is 9.13 Å². The summed E-state index contributed by atoms with van der Waals surface area (Å²) in [5.41, 5.74) is 9.39. The SMILES string of the molecule is C#C/C=c1/c2ccccc2c2ccc(-c3nc(-n4c5ccccc5c5ccccc54)nc(-n4c5ccccc5c5ccccc54)n3)cc2c2ccccc2n2c1c(C)c1ccccc12. The number of aromatic nitrogens is 6. The molecule has 6 nitrogen and oxygen atoms in total. The first-order chi connectivity index (χ1) is 31.7. The van der Waals surface area contributed by atoms with E-state index < -0.39 is 0 Å². The van der Waals surface area contributed by atoms with Gasteiger partial charge in [0.05, 0.1) is 38.6 Å². The molecule has 0 aliphatic heterocycles. The molecular weight excluding hydrogens is 781 g/mol. The highest BCUT2D eigenvalue weighted by atomic mass is 15.3. The van der Waals surface area contributed by atoms with Crippen LogP contribution >= 0.6 is 0 Å². The third-order valence-corrected chi connectivity index (χ3v) is 13.0. The van der Waals surface area contributed by atoms with Crippen LogP contribution in [0.1, 0.15) is 5.56 Å². The molecule has 0 aliphatic rings. The van der Waals surface area contributed by atoms with Gasteiger partial charge in [-0.05, 0) is 82.6 Å². The summed E-state index contributed by atoms with van der Waals surface area (Å²) < 4.78 is 6.75. The number of rotatable bonds is 3. The number of para-hydroxylation sites is 6. The summed E-state index contributed by atoms with van der Waals surface area (Å²) in [6, 6.07) is 66.5. The van der Waals surface area contributed by atoms with E-state index in [2.05, 4.69) is 214 Å². The molecule has 5 aromatic heterocycles. The van der Waals surface area contributed by atoms with E-state index in [0.29, 0.717) is 17.7 Å². The maximum Gasteiger partial charge on any atom is 0.240 e. The van der Waals surface area contributed by atoms with E-state index in [0.717, 1.165) is 97.9 Å². The minimum absolute atomic E-state index is 0.538. The summed E-state index contributed by atoms with van der Waals surface area (Å²) in [5, 5.41) is 12.1. The lowest BCUT2D eigenvalue weighted by Gasteiger charge is -2.13. The summed E-state index contributed by atoms with van der Waals surface area (Å²) in [7, 11) is 0. The molecular formula is C58H36N6. The summed E-state index contributed by atoms with van der Waals surface area (Å²) >= 11 is 0. The van der Waals surface area contributed by atoms with Crippen LogP contribution in [0.15, 0.2) is 188 Å². The summed E-state index contributed by atoms with van der Waals surface area (Å²) in [6.45, 7) is 2.21. The van der Waals surface area contributed by atoms with Gasteiger partial charge >= 0.3 is 0 Å². The van der Waals surface area contributed by atoms with Gasteiger partial charge in [0, 0.05) is 43.1 Å². The Kier molecular flexibility index (Phi) is 7.78. The molecule has 13 aromatic rings. The van der Waals surface area contributed by atoms with Crippen molar-refractivity contribution in [1.82, 2.24) is 28.5 Å². The molecule has 0 fully saturated rings. The van der Waals surface area contributed by atoms with Crippen molar-refractivity contribution < 1.29 is 0 Å². The Hall–Kier alpha value is -8.79. The fourth-order valence-electron chi connectivity index (χ4n) is 10.3. The minimum Gasteiger partial charge on any atom is -0.308 e. The molecule has 298 valence electrons. The second-order valence-corrected chi connectivity index (χ2v) is 16.4. The number of benzene rings is 8. The number of nitrogens with zero attached hydrogens (tertiary/aromatic N) is 6. The number of hydrogen-bond acceptors (Lipinski definition) is 3. The van der Waals surface area contributed by atoms with E-state index in [4.69, 9.17) is 21.4 Å². The lowest BCUT2D eigenvalue weighted by molar-refractivity contribution is 0.893. The number of aryl methyl sites for hydroxylation is 1. The quantitative estimate of drug-likeness (QED) is 0.167. The zero-order chi connectivity index (χ0) is 42.5. The summed E-state index contributed by atoms with van der Waals surface area (Å²) in [6.07, 6.45) is 8.11. The van der Waals surface area contributed by atoms with Gasteiger partial charge < -0.3 is 4.40 Å². The first kappa shape index (κ1) is 35.9. The first-order valence-electron chi connectivity index (χ1n) is 21.5. The Morgan fingerprint density at radius 2 is 0.797 bits per heavy atom. The van der Waals surface area contributed by atoms with E-state index in [1.165, 1.54) is 10.9 Å². The topological polar surface area (TPSA) is 52.9 Å². The Morgan fingerprint density at radius 3 is 1.30 bits per heavy atom. The Balaban J connectivity index is 1.20. The Morgan fingerprint density at radius 1 is 0.406 bits per heavy atom. The monoisotopic (exact) mass is 816 g/mol. The van der Waals surface area contributed by atoms with Crippen molar-refractivity contribution >= 4 is 98.6 Å². The maximum atomic E-state index is 6.18. The average molecular weight is 817 g/mol. The van der Waals surface area contributed by atoms with Crippen molar-refractivity contribution in [2.75, 3.05) is 0 Å². The molecule has 6 heteroatoms. The number of fused-ring (bicyclic) bond motifs is 15. The van der Waals surface area contributed by atoms with E-state index in [1.54, 1.807) is 0 Å². The van der Waals surface area contributed by atoms with Crippen LogP contribution in [-0.2, 0) is 0 Å². The first-order valence-corrected chi connectivity index (χ1v) is 21.5. The molecule has 8 aromatic carbocycles. The average Bonchev–Trinajstić information content (AvgIpc) is 3.98. The van der Waals surface area contributed by atoms with Crippen LogP contribution < -0.4 is 5.22 Å². The highest BCUT2D eigenvalue weighted by Crippen LogP contribution is 2.37. The molecule has 13 rings (SSSR count). The minimum atomic E-state index is 0.538. The molecule has 0 bridgehead atoms. The standard InChI is InChI=1S/C58H36N6/c1-3-18-47-40-21-5-4-20-39(40)41-34-33-37(35-48(41)46-26-11-13-28-50(46)62-49-27-12-6-19-38(49)36(2)55(47)62)56-59-57(63-51-29-14-7-22-42(51)43-23-8-15-30-52(43)63)61-58(60-56)64-53-31-16-9-24-44(53)45-25-10-17-32-54(45)64/h1,4-35H,2H3/b47-18-. The van der Waals surface area contributed by atoms with Crippen molar-refractivity contribution in [3.8, 4) is 35.6 Å². The Bertz CT molecular complexity index is 4050. The number of terminal acetylenes is 1. The van der Waals surface area contributed by atoms with Crippen LogP contribution in [0.25, 0.3) is 122 Å². The van der Waals surface area contributed by atoms with E-state index in [1.807, 2.05) is 6.08 Å². The molecule has 0 N–H and O–H groups in total. The Labute approximate surface area is 366 Å². The third-order valence-electron chi connectivity index (χ3n) is 13.0. The van der Waals surface area contributed by atoms with Crippen molar-refractivity contribution in [2.45, 2.75) is 6.92 Å². The van der Waals surface area contributed by atoms with Crippen LogP contribution in [0.2, 0.25) is 0 Å². The van der Waals surface area contributed by atoms with E-state index in [-0.39, 0.29) is 0 Å². The molecule has 0 aliphatic carbocycles. The maximum absolute atomic E-state index is 6.18. The second-order valence-electron chi connectivity index (χ2n) is 16.4. The normalized spacial score (nSPS) is 12.2. The summed E-state index contributed by atoms with van der Waals surface area (Å²) in [5.74, 6) is 4.55. The predicted molar refractivity (Wildman–Crippen MR) is 266 cm³/mol. The number of hydrogen-bond donors (Lipinski definition) is 0. The molecule has 0 radical (unpaired) electrons. The van der Waals surface area contributed by atoms with Gasteiger partial charge in [0.2, 0.25) is 11.9 Å². The zero-order valence-corrected chi connectivity index (χ0v) is 34.7. The second kappa shape index (κ2) is 13.9. The van der Waals surface area contributed by atoms with Crippen molar-refractivity contribution in [3.05, 3.63) is 199 Å². The molecule has 0 saturated heterocycles. The van der Waals surface area contributed by atoms with Crippen LogP contribution in [-0.4, -0.2) is 28.5 Å². The molecule has 0 saturated carbocycles. The molecule has 0 atom stereocenters.